The molecular weight excluding hydrogens is 236 g/mol. The van der Waals surface area contributed by atoms with E-state index in [1.54, 1.807) is 0 Å². The SMILES string of the molecule is CC1(C)CC(O)(c2cccc3ccccc23)CCO1. The van der Waals surface area contributed by atoms with Crippen molar-refractivity contribution >= 4 is 10.8 Å². The summed E-state index contributed by atoms with van der Waals surface area (Å²) in [4.78, 5) is 0. The Bertz CT molecular complexity index is 598. The standard InChI is InChI=1S/C17H20O2/c1-16(2)12-17(18,10-11-19-16)15-9-5-7-13-6-3-4-8-14(13)15/h3-9,18H,10-12H2,1-2H3. The van der Waals surface area contributed by atoms with Crippen LogP contribution in [0.25, 0.3) is 10.8 Å². The van der Waals surface area contributed by atoms with Crippen molar-refractivity contribution in [2.45, 2.75) is 37.9 Å². The van der Waals surface area contributed by atoms with Crippen LogP contribution >= 0.6 is 0 Å². The molecule has 2 aromatic rings. The first kappa shape index (κ1) is 12.6. The van der Waals surface area contributed by atoms with Crippen LogP contribution in [0, 0.1) is 0 Å². The van der Waals surface area contributed by atoms with Crippen molar-refractivity contribution in [3.63, 3.8) is 0 Å². The smallest absolute Gasteiger partial charge is 0.0951 e. The molecule has 1 N–H and O–H groups in total. The Morgan fingerprint density at radius 2 is 1.79 bits per heavy atom. The minimum atomic E-state index is -0.789. The van der Waals surface area contributed by atoms with E-state index in [2.05, 4.69) is 18.2 Å². The molecule has 19 heavy (non-hydrogen) atoms. The Morgan fingerprint density at radius 3 is 2.58 bits per heavy atom. The molecule has 0 spiro atoms. The van der Waals surface area contributed by atoms with Crippen molar-refractivity contribution < 1.29 is 9.84 Å². The lowest BCUT2D eigenvalue weighted by Crippen LogP contribution is -2.44. The number of hydrogen-bond acceptors (Lipinski definition) is 2. The third-order valence-electron chi connectivity index (χ3n) is 4.02. The number of rotatable bonds is 1. The van der Waals surface area contributed by atoms with E-state index < -0.39 is 5.60 Å². The van der Waals surface area contributed by atoms with E-state index in [9.17, 15) is 5.11 Å². The van der Waals surface area contributed by atoms with Crippen molar-refractivity contribution in [1.29, 1.82) is 0 Å². The first-order valence-electron chi connectivity index (χ1n) is 6.85. The molecule has 100 valence electrons. The summed E-state index contributed by atoms with van der Waals surface area (Å²) in [6, 6.07) is 14.4. The molecule has 0 saturated carbocycles. The maximum atomic E-state index is 11.1. The Kier molecular flexibility index (Phi) is 2.88. The lowest BCUT2D eigenvalue weighted by molar-refractivity contribution is -0.147. The van der Waals surface area contributed by atoms with Crippen LogP contribution in [0.15, 0.2) is 42.5 Å². The number of aliphatic hydroxyl groups is 1. The van der Waals surface area contributed by atoms with E-state index >= 15 is 0 Å². The molecular formula is C17H20O2. The molecule has 1 saturated heterocycles. The van der Waals surface area contributed by atoms with E-state index in [4.69, 9.17) is 4.74 Å². The predicted molar refractivity (Wildman–Crippen MR) is 77.1 cm³/mol. The molecule has 0 radical (unpaired) electrons. The van der Waals surface area contributed by atoms with Crippen molar-refractivity contribution in [2.24, 2.45) is 0 Å². The second-order valence-electron chi connectivity index (χ2n) is 6.09. The van der Waals surface area contributed by atoms with Gasteiger partial charge in [-0.15, -0.1) is 0 Å². The van der Waals surface area contributed by atoms with Gasteiger partial charge in [-0.05, 0) is 30.2 Å². The molecule has 3 rings (SSSR count). The van der Waals surface area contributed by atoms with Crippen LogP contribution in [0.1, 0.15) is 32.3 Å². The maximum Gasteiger partial charge on any atom is 0.0951 e. The molecule has 1 aliphatic heterocycles. The Labute approximate surface area is 114 Å². The van der Waals surface area contributed by atoms with Crippen molar-refractivity contribution in [1.82, 2.24) is 0 Å². The van der Waals surface area contributed by atoms with E-state index in [0.717, 1.165) is 10.9 Å². The average Bonchev–Trinajstić information content (AvgIpc) is 2.36. The summed E-state index contributed by atoms with van der Waals surface area (Å²) in [6.45, 7) is 4.69. The summed E-state index contributed by atoms with van der Waals surface area (Å²) >= 11 is 0. The van der Waals surface area contributed by atoms with E-state index in [1.165, 1.54) is 5.39 Å². The molecule has 1 fully saturated rings. The summed E-state index contributed by atoms with van der Waals surface area (Å²) in [6.07, 6.45) is 1.29. The molecule has 0 amide bonds. The molecule has 1 atom stereocenters. The minimum absolute atomic E-state index is 0.274. The second kappa shape index (κ2) is 4.32. The van der Waals surface area contributed by atoms with Gasteiger partial charge in [0.1, 0.15) is 0 Å². The van der Waals surface area contributed by atoms with Gasteiger partial charge < -0.3 is 9.84 Å². The Hall–Kier alpha value is -1.38. The van der Waals surface area contributed by atoms with Crippen LogP contribution in [0.5, 0.6) is 0 Å². The average molecular weight is 256 g/mol. The van der Waals surface area contributed by atoms with Crippen molar-refractivity contribution in [3.05, 3.63) is 48.0 Å². The molecule has 2 heteroatoms. The minimum Gasteiger partial charge on any atom is -0.385 e. The first-order chi connectivity index (χ1) is 9.00. The highest BCUT2D eigenvalue weighted by Gasteiger charge is 2.41. The van der Waals surface area contributed by atoms with Gasteiger partial charge in [0.05, 0.1) is 17.8 Å². The predicted octanol–water partition coefficient (Wildman–Crippen LogP) is 3.62. The number of hydrogen-bond donors (Lipinski definition) is 1. The maximum absolute atomic E-state index is 11.1. The monoisotopic (exact) mass is 256 g/mol. The fourth-order valence-electron chi connectivity index (χ4n) is 3.20. The van der Waals surface area contributed by atoms with E-state index in [-0.39, 0.29) is 5.60 Å². The van der Waals surface area contributed by atoms with Crippen LogP contribution in [-0.2, 0) is 10.3 Å². The molecule has 1 unspecified atom stereocenters. The van der Waals surface area contributed by atoms with Crippen LogP contribution in [-0.4, -0.2) is 17.3 Å². The quantitative estimate of drug-likeness (QED) is 0.844. The van der Waals surface area contributed by atoms with Crippen molar-refractivity contribution in [3.8, 4) is 0 Å². The van der Waals surface area contributed by atoms with Crippen LogP contribution < -0.4 is 0 Å². The van der Waals surface area contributed by atoms with E-state index in [0.29, 0.717) is 19.4 Å². The highest BCUT2D eigenvalue weighted by Crippen LogP contribution is 2.41. The van der Waals surface area contributed by atoms with Gasteiger partial charge in [-0.3, -0.25) is 0 Å². The summed E-state index contributed by atoms with van der Waals surface area (Å²) in [5.41, 5.74) is -0.0333. The molecule has 0 bridgehead atoms. The lowest BCUT2D eigenvalue weighted by Gasteiger charge is -2.42. The highest BCUT2D eigenvalue weighted by molar-refractivity contribution is 5.86. The zero-order chi connectivity index (χ0) is 13.5. The molecule has 1 aliphatic rings. The normalized spacial score (nSPS) is 26.5. The number of benzene rings is 2. The van der Waals surface area contributed by atoms with E-state index in [1.807, 2.05) is 38.1 Å². The third kappa shape index (κ3) is 2.26. The third-order valence-corrected chi connectivity index (χ3v) is 4.02. The van der Waals surface area contributed by atoms with Gasteiger partial charge in [-0.1, -0.05) is 42.5 Å². The molecule has 0 aliphatic carbocycles. The zero-order valence-electron chi connectivity index (χ0n) is 11.5. The number of ether oxygens (including phenoxy) is 1. The fraction of sp³-hybridized carbons (Fsp3) is 0.412. The molecule has 2 nitrogen and oxygen atoms in total. The molecule has 0 aromatic heterocycles. The zero-order valence-corrected chi connectivity index (χ0v) is 11.5. The largest absolute Gasteiger partial charge is 0.385 e. The fourth-order valence-corrected chi connectivity index (χ4v) is 3.20. The second-order valence-corrected chi connectivity index (χ2v) is 6.09. The van der Waals surface area contributed by atoms with Crippen LogP contribution in [0.3, 0.4) is 0 Å². The summed E-state index contributed by atoms with van der Waals surface area (Å²) in [5, 5.41) is 13.4. The molecule has 2 aromatic carbocycles. The van der Waals surface area contributed by atoms with Gasteiger partial charge in [0.2, 0.25) is 0 Å². The summed E-state index contributed by atoms with van der Waals surface area (Å²) < 4.78 is 5.73. The highest BCUT2D eigenvalue weighted by atomic mass is 16.5. The first-order valence-corrected chi connectivity index (χ1v) is 6.85. The van der Waals surface area contributed by atoms with Gasteiger partial charge in [0.15, 0.2) is 0 Å². The van der Waals surface area contributed by atoms with Gasteiger partial charge in [0.25, 0.3) is 0 Å². The summed E-state index contributed by atoms with van der Waals surface area (Å²) in [7, 11) is 0. The van der Waals surface area contributed by atoms with Gasteiger partial charge in [-0.25, -0.2) is 0 Å². The van der Waals surface area contributed by atoms with Crippen LogP contribution in [0.4, 0.5) is 0 Å². The van der Waals surface area contributed by atoms with Crippen LogP contribution in [0.2, 0.25) is 0 Å². The molecule has 1 heterocycles. The topological polar surface area (TPSA) is 29.5 Å². The Morgan fingerprint density at radius 1 is 1.05 bits per heavy atom. The summed E-state index contributed by atoms with van der Waals surface area (Å²) in [5.74, 6) is 0. The number of fused-ring (bicyclic) bond motifs is 1. The van der Waals surface area contributed by atoms with Gasteiger partial charge >= 0.3 is 0 Å². The Balaban J connectivity index is 2.13. The van der Waals surface area contributed by atoms with Gasteiger partial charge in [-0.2, -0.15) is 0 Å². The lowest BCUT2D eigenvalue weighted by atomic mass is 9.78. The van der Waals surface area contributed by atoms with Gasteiger partial charge in [0, 0.05) is 12.8 Å². The van der Waals surface area contributed by atoms with Crippen molar-refractivity contribution in [2.75, 3.05) is 6.61 Å².